The van der Waals surface area contributed by atoms with Crippen LogP contribution in [0.2, 0.25) is 0 Å². The number of tetrazole rings is 1. The predicted molar refractivity (Wildman–Crippen MR) is 109 cm³/mol. The number of hydrogen-bond donors (Lipinski definition) is 2. The highest BCUT2D eigenvalue weighted by molar-refractivity contribution is 5.90. The van der Waals surface area contributed by atoms with E-state index >= 15 is 0 Å². The molecule has 0 fully saturated rings. The molecule has 2 heterocycles. The van der Waals surface area contributed by atoms with Crippen LogP contribution in [0.3, 0.4) is 0 Å². The Morgan fingerprint density at radius 3 is 2.72 bits per heavy atom. The first-order valence-electron chi connectivity index (χ1n) is 9.94. The van der Waals surface area contributed by atoms with Crippen molar-refractivity contribution in [2.24, 2.45) is 0 Å². The summed E-state index contributed by atoms with van der Waals surface area (Å²) >= 11 is 0. The van der Waals surface area contributed by atoms with Gasteiger partial charge in [-0.15, -0.1) is 10.2 Å². The molecule has 32 heavy (non-hydrogen) atoms. The van der Waals surface area contributed by atoms with E-state index in [1.807, 2.05) is 16.8 Å². The van der Waals surface area contributed by atoms with Crippen molar-refractivity contribution in [3.63, 3.8) is 0 Å². The normalized spacial score (nSPS) is 11.6. The molecule has 2 N–H and O–H groups in total. The van der Waals surface area contributed by atoms with E-state index in [0.717, 1.165) is 23.3 Å². The summed E-state index contributed by atoms with van der Waals surface area (Å²) < 4.78 is 6.99. The van der Waals surface area contributed by atoms with Gasteiger partial charge in [-0.2, -0.15) is 4.80 Å². The summed E-state index contributed by atoms with van der Waals surface area (Å²) in [6.45, 7) is 0.405. The summed E-state index contributed by atoms with van der Waals surface area (Å²) in [6, 6.07) is 7.68. The van der Waals surface area contributed by atoms with Crippen molar-refractivity contribution in [3.8, 4) is 0 Å². The number of carbonyl (C=O) groups is 3. The fourth-order valence-corrected chi connectivity index (χ4v) is 2.86. The van der Waals surface area contributed by atoms with Crippen molar-refractivity contribution in [1.29, 1.82) is 0 Å². The third-order valence-electron chi connectivity index (χ3n) is 4.44. The van der Waals surface area contributed by atoms with Gasteiger partial charge in [0.05, 0.1) is 12.7 Å². The molecular formula is C20H23N7O5. The standard InChI is InChI=1S/C20H23N7O5/c28-17(12-27-24-18(23-25-27)7-4-9-26-10-8-21-14-26)16(11-19(29)30)22-20(31)32-13-15-5-2-1-3-6-15/h1-3,5-6,8,10,14,16H,4,7,9,11-13H2,(H,22,31)(H,29,30). The van der Waals surface area contributed by atoms with Crippen LogP contribution in [0, 0.1) is 0 Å². The third-order valence-corrected chi connectivity index (χ3v) is 4.44. The maximum Gasteiger partial charge on any atom is 0.408 e. The molecule has 1 unspecified atom stereocenters. The summed E-state index contributed by atoms with van der Waals surface area (Å²) in [7, 11) is 0. The first-order valence-corrected chi connectivity index (χ1v) is 9.94. The number of ether oxygens (including phenoxy) is 1. The first kappa shape index (κ1) is 22.6. The van der Waals surface area contributed by atoms with E-state index in [4.69, 9.17) is 9.84 Å². The number of Topliss-reactive ketones (excluding diaryl/α,β-unsaturated/α-hetero) is 1. The molecule has 12 nitrogen and oxygen atoms in total. The molecule has 0 radical (unpaired) electrons. The number of nitrogens with one attached hydrogen (secondary N) is 1. The van der Waals surface area contributed by atoms with Crippen molar-refractivity contribution in [2.75, 3.05) is 0 Å². The number of imidazole rings is 1. The van der Waals surface area contributed by atoms with Crippen LogP contribution in [0.4, 0.5) is 4.79 Å². The first-order chi connectivity index (χ1) is 15.5. The Bertz CT molecular complexity index is 1020. The minimum absolute atomic E-state index is 0.00623. The number of aromatic nitrogens is 6. The average molecular weight is 441 g/mol. The lowest BCUT2D eigenvalue weighted by molar-refractivity contribution is -0.139. The monoisotopic (exact) mass is 441 g/mol. The topological polar surface area (TPSA) is 154 Å². The number of carboxylic acids is 1. The largest absolute Gasteiger partial charge is 0.481 e. The number of carbonyl (C=O) groups excluding carboxylic acids is 2. The van der Waals surface area contributed by atoms with Crippen molar-refractivity contribution >= 4 is 17.8 Å². The molecule has 0 aliphatic carbocycles. The van der Waals surface area contributed by atoms with E-state index < -0.39 is 30.3 Å². The summed E-state index contributed by atoms with van der Waals surface area (Å²) in [5.74, 6) is -1.35. The SMILES string of the molecule is O=C(O)CC(NC(=O)OCc1ccccc1)C(=O)Cn1nnc(CCCn2ccnc2)n1. The van der Waals surface area contributed by atoms with Crippen LogP contribution in [0.25, 0.3) is 0 Å². The Labute approximate surface area is 183 Å². The van der Waals surface area contributed by atoms with E-state index in [-0.39, 0.29) is 13.2 Å². The number of nitrogens with zero attached hydrogens (tertiary/aromatic N) is 6. The molecule has 0 saturated heterocycles. The molecule has 1 amide bonds. The third kappa shape index (κ3) is 7.31. The fourth-order valence-electron chi connectivity index (χ4n) is 2.86. The zero-order valence-electron chi connectivity index (χ0n) is 17.2. The van der Waals surface area contributed by atoms with Gasteiger partial charge in [0.1, 0.15) is 19.2 Å². The Kier molecular flexibility index (Phi) is 8.01. The van der Waals surface area contributed by atoms with E-state index in [1.54, 1.807) is 36.8 Å². The second-order valence-electron chi connectivity index (χ2n) is 6.96. The van der Waals surface area contributed by atoms with Gasteiger partial charge in [-0.1, -0.05) is 30.3 Å². The lowest BCUT2D eigenvalue weighted by atomic mass is 10.1. The molecule has 2 aromatic heterocycles. The molecular weight excluding hydrogens is 418 g/mol. The van der Waals surface area contributed by atoms with Crippen LogP contribution >= 0.6 is 0 Å². The molecule has 0 saturated carbocycles. The molecule has 1 atom stereocenters. The van der Waals surface area contributed by atoms with Crippen LogP contribution in [0.5, 0.6) is 0 Å². The molecule has 0 bridgehead atoms. The summed E-state index contributed by atoms with van der Waals surface area (Å²) in [5.41, 5.74) is 0.760. The zero-order chi connectivity index (χ0) is 22.8. The van der Waals surface area contributed by atoms with Crippen LogP contribution < -0.4 is 5.32 Å². The van der Waals surface area contributed by atoms with Crippen LogP contribution in [0.1, 0.15) is 24.2 Å². The number of carboxylic acid groups (broad SMARTS) is 1. The van der Waals surface area contributed by atoms with Crippen LogP contribution in [0.15, 0.2) is 49.1 Å². The number of ketones is 1. The Balaban J connectivity index is 1.49. The van der Waals surface area contributed by atoms with Gasteiger partial charge in [0.2, 0.25) is 0 Å². The summed E-state index contributed by atoms with van der Waals surface area (Å²) in [6.07, 6.45) is 5.08. The number of benzene rings is 1. The maximum atomic E-state index is 12.6. The minimum atomic E-state index is -1.29. The minimum Gasteiger partial charge on any atom is -0.481 e. The zero-order valence-corrected chi connectivity index (χ0v) is 17.2. The number of aryl methyl sites for hydroxylation is 2. The van der Waals surface area contributed by atoms with Crippen LogP contribution in [-0.4, -0.2) is 58.8 Å². The van der Waals surface area contributed by atoms with Crippen molar-refractivity contribution in [2.45, 2.75) is 45.0 Å². The van der Waals surface area contributed by atoms with Gasteiger partial charge in [0.25, 0.3) is 0 Å². The van der Waals surface area contributed by atoms with E-state index in [2.05, 4.69) is 25.7 Å². The van der Waals surface area contributed by atoms with E-state index in [0.29, 0.717) is 12.2 Å². The van der Waals surface area contributed by atoms with Gasteiger partial charge in [0, 0.05) is 25.4 Å². The highest BCUT2D eigenvalue weighted by atomic mass is 16.5. The molecule has 0 aliphatic heterocycles. The molecule has 1 aromatic carbocycles. The van der Waals surface area contributed by atoms with Crippen molar-refractivity contribution < 1.29 is 24.2 Å². The predicted octanol–water partition coefficient (Wildman–Crippen LogP) is 0.841. The van der Waals surface area contributed by atoms with Gasteiger partial charge >= 0.3 is 12.1 Å². The number of amides is 1. The van der Waals surface area contributed by atoms with Crippen molar-refractivity contribution in [1.82, 2.24) is 35.1 Å². The second kappa shape index (κ2) is 11.3. The lowest BCUT2D eigenvalue weighted by Crippen LogP contribution is -2.44. The molecule has 3 aromatic rings. The smallest absolute Gasteiger partial charge is 0.408 e. The quantitative estimate of drug-likeness (QED) is 0.416. The highest BCUT2D eigenvalue weighted by Crippen LogP contribution is 2.03. The molecule has 3 rings (SSSR count). The highest BCUT2D eigenvalue weighted by Gasteiger charge is 2.25. The van der Waals surface area contributed by atoms with Gasteiger partial charge in [-0.05, 0) is 17.2 Å². The van der Waals surface area contributed by atoms with Gasteiger partial charge < -0.3 is 19.7 Å². The number of aliphatic carboxylic acids is 1. The average Bonchev–Trinajstić information content (AvgIpc) is 3.44. The maximum absolute atomic E-state index is 12.6. The molecule has 12 heteroatoms. The van der Waals surface area contributed by atoms with E-state index in [1.165, 1.54) is 0 Å². The Hall–Kier alpha value is -4.09. The Morgan fingerprint density at radius 1 is 1.19 bits per heavy atom. The lowest BCUT2D eigenvalue weighted by Gasteiger charge is -2.15. The Morgan fingerprint density at radius 2 is 2.00 bits per heavy atom. The van der Waals surface area contributed by atoms with Crippen LogP contribution in [-0.2, 0) is 40.4 Å². The number of hydrogen-bond acceptors (Lipinski definition) is 8. The molecule has 0 aliphatic rings. The second-order valence-corrected chi connectivity index (χ2v) is 6.96. The van der Waals surface area contributed by atoms with Gasteiger partial charge in [-0.25, -0.2) is 9.78 Å². The summed E-state index contributed by atoms with van der Waals surface area (Å²) in [5, 5.41) is 23.3. The molecule has 0 spiro atoms. The number of rotatable bonds is 12. The van der Waals surface area contributed by atoms with Gasteiger partial charge in [0.15, 0.2) is 11.6 Å². The van der Waals surface area contributed by atoms with Gasteiger partial charge in [-0.3, -0.25) is 9.59 Å². The van der Waals surface area contributed by atoms with E-state index in [9.17, 15) is 14.4 Å². The summed E-state index contributed by atoms with van der Waals surface area (Å²) in [4.78, 5) is 40.8. The fraction of sp³-hybridized carbons (Fsp3) is 0.350. The molecule has 168 valence electrons. The number of alkyl carbamates (subject to hydrolysis) is 1. The van der Waals surface area contributed by atoms with Crippen molar-refractivity contribution in [3.05, 3.63) is 60.4 Å².